The zero-order chi connectivity index (χ0) is 19.5. The lowest BCUT2D eigenvalue weighted by Gasteiger charge is -2.36. The molecule has 5 heteroatoms. The van der Waals surface area contributed by atoms with Crippen molar-refractivity contribution >= 4 is 11.8 Å². The molecule has 2 aliphatic heterocycles. The molecule has 5 nitrogen and oxygen atoms in total. The molecule has 0 atom stereocenters. The maximum Gasteiger partial charge on any atom is 0.317 e. The van der Waals surface area contributed by atoms with Gasteiger partial charge in [-0.1, -0.05) is 38.1 Å². The number of amides is 2. The number of aromatic nitrogens is 1. The van der Waals surface area contributed by atoms with Gasteiger partial charge in [-0.25, -0.2) is 9.78 Å². The summed E-state index contributed by atoms with van der Waals surface area (Å²) >= 11 is 0. The lowest BCUT2D eigenvalue weighted by molar-refractivity contribution is 0.186. The summed E-state index contributed by atoms with van der Waals surface area (Å²) in [6.45, 7) is 7.87. The molecule has 4 rings (SSSR count). The largest absolute Gasteiger partial charge is 0.356 e. The molecule has 1 aromatic heterocycles. The van der Waals surface area contributed by atoms with Crippen molar-refractivity contribution in [1.82, 2.24) is 15.2 Å². The monoisotopic (exact) mass is 378 g/mol. The summed E-state index contributed by atoms with van der Waals surface area (Å²) in [6, 6.07) is 12.9. The SMILES string of the molecule is CC(C)c1cccc2c1CCN(C(=O)NC1CCN(c3ccccn3)CC1)C2. The molecule has 0 radical (unpaired) electrons. The average molecular weight is 379 g/mol. The second kappa shape index (κ2) is 8.21. The third-order valence-electron chi connectivity index (χ3n) is 6.01. The van der Waals surface area contributed by atoms with Crippen molar-refractivity contribution in [3.63, 3.8) is 0 Å². The van der Waals surface area contributed by atoms with Gasteiger partial charge < -0.3 is 15.1 Å². The summed E-state index contributed by atoms with van der Waals surface area (Å²) in [5, 5.41) is 3.27. The highest BCUT2D eigenvalue weighted by molar-refractivity contribution is 5.75. The number of carbonyl (C=O) groups is 1. The van der Waals surface area contributed by atoms with Crippen molar-refractivity contribution < 1.29 is 4.79 Å². The van der Waals surface area contributed by atoms with Crippen LogP contribution in [0.2, 0.25) is 0 Å². The molecule has 0 aliphatic carbocycles. The molecule has 1 aromatic carbocycles. The molecule has 2 aliphatic rings. The minimum absolute atomic E-state index is 0.0805. The van der Waals surface area contributed by atoms with Crippen LogP contribution in [0.1, 0.15) is 49.3 Å². The van der Waals surface area contributed by atoms with Crippen LogP contribution in [0.3, 0.4) is 0 Å². The van der Waals surface area contributed by atoms with Crippen LogP contribution in [-0.4, -0.2) is 41.6 Å². The fourth-order valence-corrected chi connectivity index (χ4v) is 4.41. The van der Waals surface area contributed by atoms with Crippen molar-refractivity contribution in [2.45, 2.75) is 51.6 Å². The Morgan fingerprint density at radius 2 is 1.93 bits per heavy atom. The second-order valence-corrected chi connectivity index (χ2v) is 8.21. The third kappa shape index (κ3) is 3.98. The first-order valence-electron chi connectivity index (χ1n) is 10.4. The lowest BCUT2D eigenvalue weighted by Crippen LogP contribution is -2.50. The smallest absolute Gasteiger partial charge is 0.317 e. The topological polar surface area (TPSA) is 48.5 Å². The maximum atomic E-state index is 12.8. The highest BCUT2D eigenvalue weighted by Crippen LogP contribution is 2.27. The number of anilines is 1. The van der Waals surface area contributed by atoms with Crippen molar-refractivity contribution in [2.75, 3.05) is 24.5 Å². The molecule has 2 amide bonds. The maximum absolute atomic E-state index is 12.8. The Morgan fingerprint density at radius 1 is 1.11 bits per heavy atom. The minimum atomic E-state index is 0.0805. The summed E-state index contributed by atoms with van der Waals surface area (Å²) in [6.07, 6.45) is 4.71. The van der Waals surface area contributed by atoms with Gasteiger partial charge in [0.15, 0.2) is 0 Å². The number of pyridine rings is 1. The molecule has 0 spiro atoms. The van der Waals surface area contributed by atoms with Gasteiger partial charge in [0.1, 0.15) is 5.82 Å². The number of nitrogens with zero attached hydrogens (tertiary/aromatic N) is 3. The zero-order valence-electron chi connectivity index (χ0n) is 16.9. The molecule has 0 saturated carbocycles. The molecule has 2 aromatic rings. The number of benzene rings is 1. The van der Waals surface area contributed by atoms with E-state index >= 15 is 0 Å². The predicted octanol–water partition coefficient (Wildman–Crippen LogP) is 3.94. The number of nitrogens with one attached hydrogen (secondary N) is 1. The normalized spacial score (nSPS) is 17.5. The molecule has 28 heavy (non-hydrogen) atoms. The van der Waals surface area contributed by atoms with Crippen LogP contribution in [0, 0.1) is 0 Å². The van der Waals surface area contributed by atoms with E-state index in [0.29, 0.717) is 12.5 Å². The van der Waals surface area contributed by atoms with Gasteiger partial charge in [0.05, 0.1) is 0 Å². The van der Waals surface area contributed by atoms with Crippen LogP contribution < -0.4 is 10.2 Å². The summed E-state index contributed by atoms with van der Waals surface area (Å²) in [5.41, 5.74) is 4.18. The molecular formula is C23H30N4O. The number of piperidine rings is 1. The van der Waals surface area contributed by atoms with E-state index < -0.39 is 0 Å². The van der Waals surface area contributed by atoms with Gasteiger partial charge >= 0.3 is 6.03 Å². The second-order valence-electron chi connectivity index (χ2n) is 8.21. The molecule has 148 valence electrons. The number of carbonyl (C=O) groups excluding carboxylic acids is 1. The van der Waals surface area contributed by atoms with E-state index in [4.69, 9.17) is 0 Å². The van der Waals surface area contributed by atoms with E-state index in [0.717, 1.165) is 44.7 Å². The predicted molar refractivity (Wildman–Crippen MR) is 113 cm³/mol. The average Bonchev–Trinajstić information content (AvgIpc) is 2.74. The summed E-state index contributed by atoms with van der Waals surface area (Å²) in [4.78, 5) is 21.5. The van der Waals surface area contributed by atoms with Gasteiger partial charge in [-0.2, -0.15) is 0 Å². The lowest BCUT2D eigenvalue weighted by atomic mass is 9.89. The van der Waals surface area contributed by atoms with Gasteiger partial charge in [0.25, 0.3) is 0 Å². The fourth-order valence-electron chi connectivity index (χ4n) is 4.41. The quantitative estimate of drug-likeness (QED) is 0.880. The summed E-state index contributed by atoms with van der Waals surface area (Å²) < 4.78 is 0. The highest BCUT2D eigenvalue weighted by atomic mass is 16.2. The van der Waals surface area contributed by atoms with Crippen molar-refractivity contribution in [2.24, 2.45) is 0 Å². The van der Waals surface area contributed by atoms with E-state index in [9.17, 15) is 4.79 Å². The number of rotatable bonds is 3. The van der Waals surface area contributed by atoms with Crippen LogP contribution in [-0.2, 0) is 13.0 Å². The molecule has 3 heterocycles. The Hall–Kier alpha value is -2.56. The molecule has 1 fully saturated rings. The number of hydrogen-bond acceptors (Lipinski definition) is 3. The zero-order valence-corrected chi connectivity index (χ0v) is 16.9. The summed E-state index contributed by atoms with van der Waals surface area (Å²) in [7, 11) is 0. The summed E-state index contributed by atoms with van der Waals surface area (Å²) in [5.74, 6) is 1.56. The van der Waals surface area contributed by atoms with Crippen LogP contribution in [0.4, 0.5) is 10.6 Å². The first-order valence-corrected chi connectivity index (χ1v) is 10.4. The fraction of sp³-hybridized carbons (Fsp3) is 0.478. The third-order valence-corrected chi connectivity index (χ3v) is 6.01. The Morgan fingerprint density at radius 3 is 2.64 bits per heavy atom. The van der Waals surface area contributed by atoms with Crippen LogP contribution in [0.5, 0.6) is 0 Å². The molecule has 1 saturated heterocycles. The van der Waals surface area contributed by atoms with Crippen molar-refractivity contribution in [1.29, 1.82) is 0 Å². The first kappa shape index (κ1) is 18.8. The van der Waals surface area contributed by atoms with E-state index in [1.54, 1.807) is 0 Å². The molecule has 0 bridgehead atoms. The van der Waals surface area contributed by atoms with Gasteiger partial charge in [-0.15, -0.1) is 0 Å². The van der Waals surface area contributed by atoms with Gasteiger partial charge in [-0.3, -0.25) is 0 Å². The Balaban J connectivity index is 1.32. The van der Waals surface area contributed by atoms with Gasteiger partial charge in [0.2, 0.25) is 0 Å². The standard InChI is InChI=1S/C23H30N4O/c1-17(2)20-7-5-6-18-16-27(15-11-21(18)20)23(28)25-19-9-13-26(14-10-19)22-8-3-4-12-24-22/h3-8,12,17,19H,9-11,13-16H2,1-2H3,(H,25,28). The van der Waals surface area contributed by atoms with Gasteiger partial charge in [-0.05, 0) is 54.0 Å². The number of hydrogen-bond donors (Lipinski definition) is 1. The van der Waals surface area contributed by atoms with E-state index in [1.807, 2.05) is 23.2 Å². The number of urea groups is 1. The van der Waals surface area contributed by atoms with Crippen molar-refractivity contribution in [3.05, 3.63) is 59.3 Å². The number of fused-ring (bicyclic) bond motifs is 1. The molecule has 0 unspecified atom stereocenters. The highest BCUT2D eigenvalue weighted by Gasteiger charge is 2.26. The first-order chi connectivity index (χ1) is 13.6. The van der Waals surface area contributed by atoms with E-state index in [1.165, 1.54) is 16.7 Å². The Labute approximate surface area is 167 Å². The molecular weight excluding hydrogens is 348 g/mol. The van der Waals surface area contributed by atoms with Crippen LogP contribution >= 0.6 is 0 Å². The van der Waals surface area contributed by atoms with Crippen molar-refractivity contribution in [3.8, 4) is 0 Å². The van der Waals surface area contributed by atoms with Gasteiger partial charge in [0, 0.05) is 38.4 Å². The molecule has 1 N–H and O–H groups in total. The van der Waals surface area contributed by atoms with Crippen LogP contribution in [0.15, 0.2) is 42.6 Å². The Bertz CT molecular complexity index is 813. The van der Waals surface area contributed by atoms with Crippen LogP contribution in [0.25, 0.3) is 0 Å². The minimum Gasteiger partial charge on any atom is -0.356 e. The van der Waals surface area contributed by atoms with E-state index in [2.05, 4.69) is 53.3 Å². The van der Waals surface area contributed by atoms with E-state index in [-0.39, 0.29) is 12.1 Å². The Kier molecular flexibility index (Phi) is 5.51.